The summed E-state index contributed by atoms with van der Waals surface area (Å²) in [7, 11) is 1.90. The predicted molar refractivity (Wildman–Crippen MR) is 83.3 cm³/mol. The van der Waals surface area contributed by atoms with Crippen LogP contribution in [0.4, 0.5) is 0 Å². The van der Waals surface area contributed by atoms with Gasteiger partial charge in [0.15, 0.2) is 0 Å². The number of aliphatic carboxylic acids is 1. The number of nitrogens with one attached hydrogen (secondary N) is 1. The Balaban J connectivity index is 2.05. The van der Waals surface area contributed by atoms with Crippen LogP contribution in [0.25, 0.3) is 0 Å². The van der Waals surface area contributed by atoms with E-state index >= 15 is 0 Å². The van der Waals surface area contributed by atoms with Crippen molar-refractivity contribution < 1.29 is 14.7 Å². The molecule has 0 aliphatic heterocycles. The summed E-state index contributed by atoms with van der Waals surface area (Å²) < 4.78 is 1.90. The number of hydrogen-bond acceptors (Lipinski definition) is 2. The van der Waals surface area contributed by atoms with Gasteiger partial charge in [-0.05, 0) is 24.1 Å². The number of nitrogens with zero attached hydrogens (tertiary/aromatic N) is 1. The van der Waals surface area contributed by atoms with Crippen molar-refractivity contribution >= 4 is 11.9 Å². The van der Waals surface area contributed by atoms with Crippen LogP contribution in [0.1, 0.15) is 24.5 Å². The van der Waals surface area contributed by atoms with Gasteiger partial charge < -0.3 is 15.0 Å². The number of aromatic nitrogens is 1. The maximum Gasteiger partial charge on any atom is 0.314 e. The number of benzene rings is 1. The van der Waals surface area contributed by atoms with Gasteiger partial charge in [0.05, 0.1) is 5.41 Å². The molecule has 1 amide bonds. The molecular formula is C17H20N2O3. The molecule has 1 aromatic carbocycles. The third-order valence-corrected chi connectivity index (χ3v) is 3.78. The SMILES string of the molecule is Cn1ccc(CNC(=O)CC(C)(C(=O)O)c2ccccc2)c1. The average molecular weight is 300 g/mol. The summed E-state index contributed by atoms with van der Waals surface area (Å²) >= 11 is 0. The number of carboxylic acids is 1. The van der Waals surface area contributed by atoms with E-state index in [-0.39, 0.29) is 12.3 Å². The Bertz CT molecular complexity index is 664. The van der Waals surface area contributed by atoms with E-state index in [4.69, 9.17) is 0 Å². The van der Waals surface area contributed by atoms with Crippen molar-refractivity contribution in [2.75, 3.05) is 0 Å². The molecule has 1 heterocycles. The first kappa shape index (κ1) is 15.8. The first-order valence-electron chi connectivity index (χ1n) is 7.08. The van der Waals surface area contributed by atoms with Crippen LogP contribution in [0.5, 0.6) is 0 Å². The van der Waals surface area contributed by atoms with Gasteiger partial charge in [-0.25, -0.2) is 0 Å². The smallest absolute Gasteiger partial charge is 0.314 e. The molecule has 0 spiro atoms. The Labute approximate surface area is 129 Å². The molecule has 0 bridgehead atoms. The summed E-state index contributed by atoms with van der Waals surface area (Å²) in [4.78, 5) is 23.8. The Morgan fingerprint density at radius 1 is 1.23 bits per heavy atom. The highest BCUT2D eigenvalue weighted by Gasteiger charge is 2.37. The summed E-state index contributed by atoms with van der Waals surface area (Å²) in [6.45, 7) is 1.97. The maximum atomic E-state index is 12.1. The first-order chi connectivity index (χ1) is 10.4. The molecule has 0 aliphatic carbocycles. The standard InChI is InChI=1S/C17H20N2O3/c1-17(16(21)22,14-6-4-3-5-7-14)10-15(20)18-11-13-8-9-19(2)12-13/h3-9,12H,10-11H2,1-2H3,(H,18,20)(H,21,22). The molecule has 0 saturated heterocycles. The second kappa shape index (κ2) is 6.47. The number of carbonyl (C=O) groups excluding carboxylic acids is 1. The minimum atomic E-state index is -1.23. The largest absolute Gasteiger partial charge is 0.481 e. The van der Waals surface area contributed by atoms with Crippen LogP contribution in [0.2, 0.25) is 0 Å². The lowest BCUT2D eigenvalue weighted by atomic mass is 9.79. The molecule has 1 aromatic heterocycles. The normalized spacial score (nSPS) is 13.4. The van der Waals surface area contributed by atoms with E-state index in [2.05, 4.69) is 5.32 Å². The van der Waals surface area contributed by atoms with Crippen LogP contribution in [0, 0.1) is 0 Å². The summed E-state index contributed by atoms with van der Waals surface area (Å²) in [5.74, 6) is -1.29. The molecule has 1 atom stereocenters. The number of rotatable bonds is 6. The molecule has 1 unspecified atom stereocenters. The van der Waals surface area contributed by atoms with Crippen molar-refractivity contribution in [2.24, 2.45) is 7.05 Å². The van der Waals surface area contributed by atoms with Crippen molar-refractivity contribution in [2.45, 2.75) is 25.3 Å². The van der Waals surface area contributed by atoms with Crippen LogP contribution < -0.4 is 5.32 Å². The Morgan fingerprint density at radius 3 is 2.45 bits per heavy atom. The predicted octanol–water partition coefficient (Wildman–Crippen LogP) is 2.07. The third kappa shape index (κ3) is 3.55. The second-order valence-electron chi connectivity index (χ2n) is 5.64. The van der Waals surface area contributed by atoms with Crippen molar-refractivity contribution in [3.8, 4) is 0 Å². The summed E-state index contributed by atoms with van der Waals surface area (Å²) in [5.41, 5.74) is 0.368. The Kier molecular flexibility index (Phi) is 4.65. The molecule has 2 N–H and O–H groups in total. The molecule has 5 heteroatoms. The van der Waals surface area contributed by atoms with Crippen molar-refractivity contribution in [3.63, 3.8) is 0 Å². The van der Waals surface area contributed by atoms with E-state index in [1.54, 1.807) is 31.2 Å². The number of hydrogen-bond donors (Lipinski definition) is 2. The molecule has 116 valence electrons. The molecular weight excluding hydrogens is 280 g/mol. The molecule has 2 aromatic rings. The van der Waals surface area contributed by atoms with Gasteiger partial charge in [-0.1, -0.05) is 30.3 Å². The summed E-state index contributed by atoms with van der Waals surface area (Å²) in [6.07, 6.45) is 3.71. The summed E-state index contributed by atoms with van der Waals surface area (Å²) in [6, 6.07) is 10.8. The van der Waals surface area contributed by atoms with Crippen LogP contribution in [0.3, 0.4) is 0 Å². The van der Waals surface area contributed by atoms with Crippen LogP contribution in [-0.2, 0) is 28.6 Å². The van der Waals surface area contributed by atoms with Gasteiger partial charge in [-0.15, -0.1) is 0 Å². The highest BCUT2D eigenvalue weighted by molar-refractivity contribution is 5.89. The van der Waals surface area contributed by atoms with Crippen LogP contribution in [-0.4, -0.2) is 21.6 Å². The Hall–Kier alpha value is -2.56. The topological polar surface area (TPSA) is 71.3 Å². The maximum absolute atomic E-state index is 12.1. The second-order valence-corrected chi connectivity index (χ2v) is 5.64. The molecule has 0 radical (unpaired) electrons. The molecule has 0 aliphatic rings. The number of aryl methyl sites for hydroxylation is 1. The van der Waals surface area contributed by atoms with E-state index in [0.29, 0.717) is 12.1 Å². The minimum absolute atomic E-state index is 0.0980. The lowest BCUT2D eigenvalue weighted by molar-refractivity contribution is -0.145. The number of amides is 1. The Morgan fingerprint density at radius 2 is 1.91 bits per heavy atom. The monoisotopic (exact) mass is 300 g/mol. The van der Waals surface area contributed by atoms with Crippen molar-refractivity contribution in [3.05, 3.63) is 59.9 Å². The quantitative estimate of drug-likeness (QED) is 0.858. The molecule has 22 heavy (non-hydrogen) atoms. The minimum Gasteiger partial charge on any atom is -0.481 e. The fraction of sp³-hybridized carbons (Fsp3) is 0.294. The van der Waals surface area contributed by atoms with Gasteiger partial charge >= 0.3 is 5.97 Å². The number of carbonyl (C=O) groups is 2. The molecule has 0 saturated carbocycles. The fourth-order valence-electron chi connectivity index (χ4n) is 2.36. The zero-order valence-electron chi connectivity index (χ0n) is 12.7. The van der Waals surface area contributed by atoms with Crippen molar-refractivity contribution in [1.82, 2.24) is 9.88 Å². The van der Waals surface area contributed by atoms with Gasteiger partial charge in [0.25, 0.3) is 0 Å². The zero-order valence-corrected chi connectivity index (χ0v) is 12.7. The van der Waals surface area contributed by atoms with Gasteiger partial charge in [0, 0.05) is 32.4 Å². The van der Waals surface area contributed by atoms with Crippen LogP contribution in [0.15, 0.2) is 48.8 Å². The molecule has 5 nitrogen and oxygen atoms in total. The lowest BCUT2D eigenvalue weighted by Gasteiger charge is -2.24. The number of carboxylic acid groups (broad SMARTS) is 1. The fourth-order valence-corrected chi connectivity index (χ4v) is 2.36. The van der Waals surface area contributed by atoms with Gasteiger partial charge in [-0.3, -0.25) is 9.59 Å². The zero-order chi connectivity index (χ0) is 16.2. The highest BCUT2D eigenvalue weighted by atomic mass is 16.4. The van der Waals surface area contributed by atoms with E-state index in [0.717, 1.165) is 5.56 Å². The highest BCUT2D eigenvalue weighted by Crippen LogP contribution is 2.28. The van der Waals surface area contributed by atoms with E-state index < -0.39 is 11.4 Å². The van der Waals surface area contributed by atoms with E-state index in [9.17, 15) is 14.7 Å². The van der Waals surface area contributed by atoms with Gasteiger partial charge in [0.1, 0.15) is 0 Å². The summed E-state index contributed by atoms with van der Waals surface area (Å²) in [5, 5.41) is 12.3. The first-order valence-corrected chi connectivity index (χ1v) is 7.08. The van der Waals surface area contributed by atoms with Gasteiger partial charge in [0.2, 0.25) is 5.91 Å². The van der Waals surface area contributed by atoms with Crippen molar-refractivity contribution in [1.29, 1.82) is 0 Å². The van der Waals surface area contributed by atoms with Crippen LogP contribution >= 0.6 is 0 Å². The molecule has 0 fully saturated rings. The van der Waals surface area contributed by atoms with E-state index in [1.165, 1.54) is 0 Å². The van der Waals surface area contributed by atoms with Gasteiger partial charge in [-0.2, -0.15) is 0 Å². The average Bonchev–Trinajstić information content (AvgIpc) is 2.91. The third-order valence-electron chi connectivity index (χ3n) is 3.78. The lowest BCUT2D eigenvalue weighted by Crippen LogP contribution is -2.38. The van der Waals surface area contributed by atoms with E-state index in [1.807, 2.05) is 36.1 Å². The molecule has 2 rings (SSSR count).